The lowest BCUT2D eigenvalue weighted by molar-refractivity contribution is 0.0251. The molecule has 1 aliphatic rings. The minimum absolute atomic E-state index is 0.203. The van der Waals surface area contributed by atoms with Crippen molar-refractivity contribution in [1.29, 1.82) is 0 Å². The number of hydrogen-bond donors (Lipinski definition) is 0. The standard InChI is InChI=1S/C28H29F3O/c1-3-16-32-23-12-9-19(10-13-23)22-11-15-24(26(29)17-22)20-5-7-21(8-6-20)25-14-4-18(2)27(30)28(25)31/h4-8,11,14-15,17,19,23H,3,9-10,12-13,16H2,1-2H3. The monoisotopic (exact) mass is 438 g/mol. The first-order valence-corrected chi connectivity index (χ1v) is 11.4. The summed E-state index contributed by atoms with van der Waals surface area (Å²) < 4.78 is 49.1. The highest BCUT2D eigenvalue weighted by atomic mass is 19.2. The second-order valence-corrected chi connectivity index (χ2v) is 8.72. The molecular weight excluding hydrogens is 409 g/mol. The highest BCUT2D eigenvalue weighted by molar-refractivity contribution is 5.71. The summed E-state index contributed by atoms with van der Waals surface area (Å²) in [4.78, 5) is 0. The molecule has 0 heterocycles. The third kappa shape index (κ3) is 4.75. The summed E-state index contributed by atoms with van der Waals surface area (Å²) in [6.45, 7) is 4.46. The van der Waals surface area contributed by atoms with Crippen molar-refractivity contribution in [2.45, 2.75) is 58.0 Å². The van der Waals surface area contributed by atoms with Crippen LogP contribution in [0.5, 0.6) is 0 Å². The van der Waals surface area contributed by atoms with Crippen LogP contribution in [0.3, 0.4) is 0 Å². The highest BCUT2D eigenvalue weighted by Crippen LogP contribution is 2.36. The zero-order valence-corrected chi connectivity index (χ0v) is 18.6. The van der Waals surface area contributed by atoms with E-state index in [0.29, 0.717) is 28.7 Å². The molecule has 0 N–H and O–H groups in total. The Morgan fingerprint density at radius 2 is 1.41 bits per heavy atom. The molecule has 4 rings (SSSR count). The Morgan fingerprint density at radius 1 is 0.781 bits per heavy atom. The smallest absolute Gasteiger partial charge is 0.166 e. The molecule has 168 valence electrons. The molecule has 32 heavy (non-hydrogen) atoms. The average molecular weight is 439 g/mol. The minimum Gasteiger partial charge on any atom is -0.378 e. The van der Waals surface area contributed by atoms with Gasteiger partial charge >= 0.3 is 0 Å². The first kappa shape index (κ1) is 22.6. The average Bonchev–Trinajstić information content (AvgIpc) is 2.82. The summed E-state index contributed by atoms with van der Waals surface area (Å²) in [5, 5.41) is 0. The molecule has 1 aliphatic carbocycles. The van der Waals surface area contributed by atoms with Crippen molar-refractivity contribution in [3.8, 4) is 22.3 Å². The number of ether oxygens (including phenoxy) is 1. The van der Waals surface area contributed by atoms with Crippen molar-refractivity contribution in [3.63, 3.8) is 0 Å². The lowest BCUT2D eigenvalue weighted by atomic mass is 9.82. The molecule has 0 aliphatic heterocycles. The van der Waals surface area contributed by atoms with E-state index < -0.39 is 11.6 Å². The Morgan fingerprint density at radius 3 is 2.03 bits per heavy atom. The van der Waals surface area contributed by atoms with E-state index in [4.69, 9.17) is 4.74 Å². The minimum atomic E-state index is -0.858. The van der Waals surface area contributed by atoms with E-state index in [1.165, 1.54) is 6.92 Å². The van der Waals surface area contributed by atoms with E-state index in [-0.39, 0.29) is 16.9 Å². The van der Waals surface area contributed by atoms with Gasteiger partial charge in [0, 0.05) is 17.7 Å². The van der Waals surface area contributed by atoms with Crippen LogP contribution in [0.4, 0.5) is 13.2 Å². The molecule has 4 heteroatoms. The molecule has 0 bridgehead atoms. The van der Waals surface area contributed by atoms with Gasteiger partial charge in [-0.25, -0.2) is 13.2 Å². The van der Waals surface area contributed by atoms with Gasteiger partial charge in [-0.2, -0.15) is 0 Å². The normalized spacial score (nSPS) is 18.7. The molecule has 1 fully saturated rings. The first-order chi connectivity index (χ1) is 15.5. The zero-order valence-electron chi connectivity index (χ0n) is 18.6. The molecule has 1 nitrogen and oxygen atoms in total. The molecule has 0 aromatic heterocycles. The fourth-order valence-corrected chi connectivity index (χ4v) is 4.57. The summed E-state index contributed by atoms with van der Waals surface area (Å²) in [5.41, 5.74) is 3.29. The number of halogens is 3. The maximum absolute atomic E-state index is 15.0. The Hall–Kier alpha value is -2.59. The Labute approximate surface area is 188 Å². The van der Waals surface area contributed by atoms with Gasteiger partial charge in [-0.1, -0.05) is 55.5 Å². The highest BCUT2D eigenvalue weighted by Gasteiger charge is 2.23. The van der Waals surface area contributed by atoms with Crippen LogP contribution in [0.2, 0.25) is 0 Å². The van der Waals surface area contributed by atoms with Gasteiger partial charge in [0.2, 0.25) is 0 Å². The second-order valence-electron chi connectivity index (χ2n) is 8.72. The van der Waals surface area contributed by atoms with Gasteiger partial charge in [0.1, 0.15) is 5.82 Å². The number of rotatable bonds is 6. The van der Waals surface area contributed by atoms with Crippen LogP contribution in [0.15, 0.2) is 54.6 Å². The van der Waals surface area contributed by atoms with Gasteiger partial charge in [-0.3, -0.25) is 0 Å². The van der Waals surface area contributed by atoms with E-state index in [1.807, 2.05) is 12.1 Å². The van der Waals surface area contributed by atoms with Crippen molar-refractivity contribution in [2.75, 3.05) is 6.61 Å². The van der Waals surface area contributed by atoms with Crippen LogP contribution in [-0.4, -0.2) is 12.7 Å². The van der Waals surface area contributed by atoms with Crippen LogP contribution in [-0.2, 0) is 4.74 Å². The van der Waals surface area contributed by atoms with Gasteiger partial charge in [0.15, 0.2) is 11.6 Å². The number of aryl methyl sites for hydroxylation is 1. The molecule has 0 spiro atoms. The second kappa shape index (κ2) is 9.91. The molecule has 1 saturated carbocycles. The van der Waals surface area contributed by atoms with Crippen molar-refractivity contribution in [2.24, 2.45) is 0 Å². The third-order valence-corrected chi connectivity index (χ3v) is 6.48. The lowest BCUT2D eigenvalue weighted by Crippen LogP contribution is -2.21. The summed E-state index contributed by atoms with van der Waals surface area (Å²) in [7, 11) is 0. The number of benzene rings is 3. The molecule has 0 amide bonds. The Kier molecular flexibility index (Phi) is 7.00. The molecule has 0 radical (unpaired) electrons. The van der Waals surface area contributed by atoms with Gasteiger partial charge in [-0.15, -0.1) is 0 Å². The quantitative estimate of drug-likeness (QED) is 0.377. The molecular formula is C28H29F3O. The molecule has 3 aromatic carbocycles. The van der Waals surface area contributed by atoms with Crippen LogP contribution in [0.25, 0.3) is 22.3 Å². The van der Waals surface area contributed by atoms with Crippen molar-refractivity contribution in [1.82, 2.24) is 0 Å². The van der Waals surface area contributed by atoms with Gasteiger partial charge in [0.25, 0.3) is 0 Å². The maximum atomic E-state index is 15.0. The fourth-order valence-electron chi connectivity index (χ4n) is 4.57. The summed E-state index contributed by atoms with van der Waals surface area (Å²) >= 11 is 0. The number of hydrogen-bond acceptors (Lipinski definition) is 1. The maximum Gasteiger partial charge on any atom is 0.166 e. The summed E-state index contributed by atoms with van der Waals surface area (Å²) in [6, 6.07) is 15.5. The van der Waals surface area contributed by atoms with Crippen molar-refractivity contribution in [3.05, 3.63) is 83.2 Å². The molecule has 0 atom stereocenters. The summed E-state index contributed by atoms with van der Waals surface area (Å²) in [6.07, 6.45) is 5.43. The van der Waals surface area contributed by atoms with E-state index in [1.54, 1.807) is 42.5 Å². The van der Waals surface area contributed by atoms with E-state index in [2.05, 4.69) is 6.92 Å². The predicted molar refractivity (Wildman–Crippen MR) is 123 cm³/mol. The van der Waals surface area contributed by atoms with E-state index >= 15 is 0 Å². The largest absolute Gasteiger partial charge is 0.378 e. The van der Waals surface area contributed by atoms with Crippen molar-refractivity contribution >= 4 is 0 Å². The predicted octanol–water partition coefficient (Wildman–Crippen LogP) is 8.20. The van der Waals surface area contributed by atoms with Crippen LogP contribution >= 0.6 is 0 Å². The van der Waals surface area contributed by atoms with E-state index in [0.717, 1.165) is 44.3 Å². The Balaban J connectivity index is 1.49. The van der Waals surface area contributed by atoms with Crippen LogP contribution < -0.4 is 0 Å². The third-order valence-electron chi connectivity index (χ3n) is 6.48. The van der Waals surface area contributed by atoms with E-state index in [9.17, 15) is 13.2 Å². The topological polar surface area (TPSA) is 9.23 Å². The van der Waals surface area contributed by atoms with Gasteiger partial charge < -0.3 is 4.74 Å². The zero-order chi connectivity index (χ0) is 22.7. The fraction of sp³-hybridized carbons (Fsp3) is 0.357. The first-order valence-electron chi connectivity index (χ1n) is 11.4. The van der Waals surface area contributed by atoms with Gasteiger partial charge in [0.05, 0.1) is 6.10 Å². The van der Waals surface area contributed by atoms with Crippen molar-refractivity contribution < 1.29 is 17.9 Å². The summed E-state index contributed by atoms with van der Waals surface area (Å²) in [5.74, 6) is -1.59. The molecule has 3 aromatic rings. The molecule has 0 saturated heterocycles. The lowest BCUT2D eigenvalue weighted by Gasteiger charge is -2.29. The SMILES string of the molecule is CCCOC1CCC(c2ccc(-c3ccc(-c4ccc(C)c(F)c4F)cc3)c(F)c2)CC1. The Bertz CT molecular complexity index is 1070. The molecule has 0 unspecified atom stereocenters. The van der Waals surface area contributed by atoms with Gasteiger partial charge in [-0.05, 0) is 73.3 Å². The van der Waals surface area contributed by atoms with Crippen LogP contribution in [0, 0.1) is 24.4 Å². The van der Waals surface area contributed by atoms with Crippen LogP contribution in [0.1, 0.15) is 56.1 Å².